The van der Waals surface area contributed by atoms with Crippen LogP contribution in [0.5, 0.6) is 0 Å². The van der Waals surface area contributed by atoms with Crippen LogP contribution in [0.4, 0.5) is 0 Å². The van der Waals surface area contributed by atoms with E-state index in [0.29, 0.717) is 18.4 Å². The van der Waals surface area contributed by atoms with Gasteiger partial charge < -0.3 is 15.4 Å². The van der Waals surface area contributed by atoms with Crippen molar-refractivity contribution in [2.75, 3.05) is 19.7 Å². The van der Waals surface area contributed by atoms with E-state index in [1.165, 1.54) is 0 Å². The van der Waals surface area contributed by atoms with Crippen LogP contribution < -0.4 is 10.6 Å². The summed E-state index contributed by atoms with van der Waals surface area (Å²) in [5.74, 6) is 0.620. The topological polar surface area (TPSA) is 50.4 Å². The Balaban J connectivity index is 2.05. The zero-order chi connectivity index (χ0) is 12.0. The maximum Gasteiger partial charge on any atom is 0.221 e. The average molecular weight is 228 g/mol. The number of carbonyl (C=O) groups is 1. The summed E-state index contributed by atoms with van der Waals surface area (Å²) in [6, 6.07) is 0.441. The lowest BCUT2D eigenvalue weighted by atomic mass is 10.0. The van der Waals surface area contributed by atoms with Crippen LogP contribution >= 0.6 is 0 Å². The highest BCUT2D eigenvalue weighted by Gasteiger charge is 2.24. The number of carbonyl (C=O) groups excluding carboxylic acids is 1. The molecule has 16 heavy (non-hydrogen) atoms. The number of rotatable bonds is 6. The second-order valence-electron chi connectivity index (χ2n) is 4.79. The lowest BCUT2D eigenvalue weighted by Gasteiger charge is -2.15. The summed E-state index contributed by atoms with van der Waals surface area (Å²) < 4.78 is 5.45. The summed E-state index contributed by atoms with van der Waals surface area (Å²) >= 11 is 0. The molecular formula is C12H24N2O2. The van der Waals surface area contributed by atoms with Crippen molar-refractivity contribution in [3.63, 3.8) is 0 Å². The van der Waals surface area contributed by atoms with Crippen molar-refractivity contribution in [1.82, 2.24) is 10.6 Å². The first-order chi connectivity index (χ1) is 7.59. The first-order valence-corrected chi connectivity index (χ1v) is 6.21. The van der Waals surface area contributed by atoms with Crippen LogP contribution in [0.3, 0.4) is 0 Å². The van der Waals surface area contributed by atoms with Crippen molar-refractivity contribution in [3.05, 3.63) is 0 Å². The molecule has 0 spiro atoms. The standard InChI is InChI=1S/C12H24N2O2/c1-9(2)13-6-4-12(15)14-8-11-5-7-16-10(11)3/h9-11,13H,4-8H2,1-3H3,(H,14,15). The zero-order valence-corrected chi connectivity index (χ0v) is 10.6. The average Bonchev–Trinajstić information content (AvgIpc) is 2.60. The summed E-state index contributed by atoms with van der Waals surface area (Å²) in [4.78, 5) is 11.5. The Labute approximate surface area is 98.1 Å². The highest BCUT2D eigenvalue weighted by molar-refractivity contribution is 5.76. The maximum absolute atomic E-state index is 11.5. The SMILES string of the molecule is CC(C)NCCC(=O)NCC1CCOC1C. The molecule has 94 valence electrons. The quantitative estimate of drug-likeness (QED) is 0.710. The van der Waals surface area contributed by atoms with Gasteiger partial charge in [-0.15, -0.1) is 0 Å². The van der Waals surface area contributed by atoms with Gasteiger partial charge in [0.1, 0.15) is 0 Å². The van der Waals surface area contributed by atoms with Crippen LogP contribution in [-0.4, -0.2) is 37.7 Å². The number of amides is 1. The Hall–Kier alpha value is -0.610. The molecule has 0 aliphatic carbocycles. The van der Waals surface area contributed by atoms with Gasteiger partial charge in [0.25, 0.3) is 0 Å². The molecule has 1 fully saturated rings. The molecule has 2 unspecified atom stereocenters. The Morgan fingerprint density at radius 3 is 2.81 bits per heavy atom. The van der Waals surface area contributed by atoms with E-state index in [0.717, 1.165) is 26.1 Å². The van der Waals surface area contributed by atoms with Crippen LogP contribution in [0.25, 0.3) is 0 Å². The Morgan fingerprint density at radius 2 is 2.25 bits per heavy atom. The van der Waals surface area contributed by atoms with E-state index >= 15 is 0 Å². The lowest BCUT2D eigenvalue weighted by molar-refractivity contribution is -0.121. The van der Waals surface area contributed by atoms with Crippen LogP contribution in [0.2, 0.25) is 0 Å². The molecule has 1 heterocycles. The molecule has 1 amide bonds. The fourth-order valence-corrected chi connectivity index (χ4v) is 1.85. The highest BCUT2D eigenvalue weighted by atomic mass is 16.5. The summed E-state index contributed by atoms with van der Waals surface area (Å²) in [6.45, 7) is 8.56. The van der Waals surface area contributed by atoms with Gasteiger partial charge in [0, 0.05) is 38.1 Å². The minimum Gasteiger partial charge on any atom is -0.378 e. The van der Waals surface area contributed by atoms with E-state index < -0.39 is 0 Å². The number of hydrogen-bond donors (Lipinski definition) is 2. The van der Waals surface area contributed by atoms with E-state index in [-0.39, 0.29) is 12.0 Å². The molecule has 0 radical (unpaired) electrons. The van der Waals surface area contributed by atoms with Crippen LogP contribution in [0.1, 0.15) is 33.6 Å². The number of hydrogen-bond acceptors (Lipinski definition) is 3. The predicted octanol–water partition coefficient (Wildman–Crippen LogP) is 0.916. The second kappa shape index (κ2) is 6.86. The number of nitrogens with one attached hydrogen (secondary N) is 2. The van der Waals surface area contributed by atoms with E-state index in [4.69, 9.17) is 4.74 Å². The fourth-order valence-electron chi connectivity index (χ4n) is 1.85. The minimum absolute atomic E-state index is 0.132. The molecule has 0 bridgehead atoms. The summed E-state index contributed by atoms with van der Waals surface area (Å²) in [5.41, 5.74) is 0. The van der Waals surface area contributed by atoms with Crippen molar-refractivity contribution in [1.29, 1.82) is 0 Å². The van der Waals surface area contributed by atoms with Crippen LogP contribution in [0.15, 0.2) is 0 Å². The van der Waals surface area contributed by atoms with Gasteiger partial charge in [-0.2, -0.15) is 0 Å². The molecule has 4 heteroatoms. The third kappa shape index (κ3) is 4.94. The van der Waals surface area contributed by atoms with Crippen molar-refractivity contribution < 1.29 is 9.53 Å². The van der Waals surface area contributed by atoms with Crippen molar-refractivity contribution in [2.24, 2.45) is 5.92 Å². The largest absolute Gasteiger partial charge is 0.378 e. The van der Waals surface area contributed by atoms with E-state index in [1.807, 2.05) is 0 Å². The second-order valence-corrected chi connectivity index (χ2v) is 4.79. The van der Waals surface area contributed by atoms with E-state index in [9.17, 15) is 4.79 Å². The van der Waals surface area contributed by atoms with E-state index in [1.54, 1.807) is 0 Å². The van der Waals surface area contributed by atoms with Crippen molar-refractivity contribution in [2.45, 2.75) is 45.8 Å². The van der Waals surface area contributed by atoms with Crippen molar-refractivity contribution >= 4 is 5.91 Å². The normalized spacial score (nSPS) is 25.0. The molecule has 0 aromatic rings. The fraction of sp³-hybridized carbons (Fsp3) is 0.917. The van der Waals surface area contributed by atoms with Crippen LogP contribution in [0, 0.1) is 5.92 Å². The summed E-state index contributed by atoms with van der Waals surface area (Å²) in [7, 11) is 0. The third-order valence-electron chi connectivity index (χ3n) is 3.00. The van der Waals surface area contributed by atoms with Gasteiger partial charge in [0.15, 0.2) is 0 Å². The Kier molecular flexibility index (Phi) is 5.77. The van der Waals surface area contributed by atoms with Gasteiger partial charge in [-0.05, 0) is 13.3 Å². The first kappa shape index (κ1) is 13.5. The Morgan fingerprint density at radius 1 is 1.50 bits per heavy atom. The smallest absolute Gasteiger partial charge is 0.221 e. The van der Waals surface area contributed by atoms with Crippen molar-refractivity contribution in [3.8, 4) is 0 Å². The van der Waals surface area contributed by atoms with Gasteiger partial charge in [-0.3, -0.25) is 4.79 Å². The molecule has 0 aromatic carbocycles. The highest BCUT2D eigenvalue weighted by Crippen LogP contribution is 2.19. The monoisotopic (exact) mass is 228 g/mol. The first-order valence-electron chi connectivity index (χ1n) is 6.21. The molecule has 0 aromatic heterocycles. The molecule has 1 rings (SSSR count). The molecule has 0 saturated carbocycles. The minimum atomic E-state index is 0.132. The van der Waals surface area contributed by atoms with Gasteiger partial charge in [-0.1, -0.05) is 13.8 Å². The van der Waals surface area contributed by atoms with Gasteiger partial charge in [0.05, 0.1) is 6.10 Å². The molecular weight excluding hydrogens is 204 g/mol. The Bertz CT molecular complexity index is 219. The summed E-state index contributed by atoms with van der Waals surface area (Å²) in [6.07, 6.45) is 1.90. The van der Waals surface area contributed by atoms with Gasteiger partial charge >= 0.3 is 0 Å². The third-order valence-corrected chi connectivity index (χ3v) is 3.00. The van der Waals surface area contributed by atoms with E-state index in [2.05, 4.69) is 31.4 Å². The van der Waals surface area contributed by atoms with Gasteiger partial charge in [-0.25, -0.2) is 0 Å². The molecule has 1 aliphatic heterocycles. The maximum atomic E-state index is 11.5. The number of ether oxygens (including phenoxy) is 1. The molecule has 2 atom stereocenters. The molecule has 4 nitrogen and oxygen atoms in total. The molecule has 1 aliphatic rings. The molecule has 1 saturated heterocycles. The summed E-state index contributed by atoms with van der Waals surface area (Å²) in [5, 5.41) is 6.20. The van der Waals surface area contributed by atoms with Gasteiger partial charge in [0.2, 0.25) is 5.91 Å². The van der Waals surface area contributed by atoms with Crippen LogP contribution in [-0.2, 0) is 9.53 Å². The zero-order valence-electron chi connectivity index (χ0n) is 10.6. The lowest BCUT2D eigenvalue weighted by Crippen LogP contribution is -2.34. The molecule has 2 N–H and O–H groups in total. The predicted molar refractivity (Wildman–Crippen MR) is 64.3 cm³/mol.